The van der Waals surface area contributed by atoms with Crippen LogP contribution >= 0.6 is 80.0 Å². The summed E-state index contributed by atoms with van der Waals surface area (Å²) in [6.07, 6.45) is 7.05. The Morgan fingerprint density at radius 2 is 1.05 bits per heavy atom. The molecule has 13 N–H and O–H groups in total. The Kier molecular flexibility index (Phi) is 361. The first-order valence-electron chi connectivity index (χ1n) is 13.8. The summed E-state index contributed by atoms with van der Waals surface area (Å²) in [5.74, 6) is 1.54. The SMILES string of the molecule is C.C.C=CC.C=CC=O.C=CCCl.C=CCO.ClCC1CO1.ClCl.O.O=CC1CO1.O=CO[O-].O=O.O=O.OCC(Cl)CCl.OCC(O)CO.OCC1CO1.OCl.OO.[Ca+2].[H-].[Na+].[Na+].[OH-].[OH-]. The van der Waals surface area contributed by atoms with Crippen molar-refractivity contribution in [2.75, 3.05) is 70.5 Å². The van der Waals surface area contributed by atoms with E-state index in [-0.39, 0.29) is 187 Å². The summed E-state index contributed by atoms with van der Waals surface area (Å²) in [7, 11) is 8.22. The third-order valence-corrected chi connectivity index (χ3v) is 4.24. The van der Waals surface area contributed by atoms with Crippen LogP contribution in [-0.2, 0) is 33.5 Å². The quantitative estimate of drug-likeness (QED) is 0.0138. The molecule has 3 heterocycles. The molecule has 0 bridgehead atoms. The summed E-state index contributed by atoms with van der Waals surface area (Å²) in [5, 5.41) is 68.1. The molecular weight excluding hydrogens is 1080 g/mol. The van der Waals surface area contributed by atoms with E-state index in [0.717, 1.165) is 19.5 Å². The van der Waals surface area contributed by atoms with Crippen LogP contribution in [0.5, 0.6) is 0 Å². The van der Waals surface area contributed by atoms with Gasteiger partial charge in [-0.3, -0.25) is 24.8 Å². The van der Waals surface area contributed by atoms with E-state index < -0.39 is 6.10 Å². The van der Waals surface area contributed by atoms with Crippen molar-refractivity contribution in [3.05, 3.63) is 70.5 Å². The molecule has 0 amide bonds. The van der Waals surface area contributed by atoms with Crippen molar-refractivity contribution < 1.29 is 162 Å². The number of hydrogen-bond donors (Lipinski definition) is 9. The van der Waals surface area contributed by atoms with Gasteiger partial charge in [0.25, 0.3) is 6.47 Å². The summed E-state index contributed by atoms with van der Waals surface area (Å²) in [5.41, 5.74) is 0. The molecule has 24 nitrogen and oxygen atoms in total. The van der Waals surface area contributed by atoms with Crippen molar-refractivity contribution in [1.82, 2.24) is 0 Å². The zero-order valence-corrected chi connectivity index (χ0v) is 45.7. The third-order valence-electron chi connectivity index (χ3n) is 2.85. The van der Waals surface area contributed by atoms with Gasteiger partial charge in [-0.25, -0.2) is 0 Å². The van der Waals surface area contributed by atoms with Gasteiger partial charge < -0.3 is 77.6 Å². The molecule has 3 saturated heterocycles. The van der Waals surface area contributed by atoms with Gasteiger partial charge in [-0.05, 0) is 13.0 Å². The summed E-state index contributed by atoms with van der Waals surface area (Å²) in [6.45, 7) is 16.6. The fourth-order valence-electron chi connectivity index (χ4n) is 0.571. The summed E-state index contributed by atoms with van der Waals surface area (Å²) < 4.78 is 20.3. The Hall–Kier alpha value is 1.62. The first kappa shape index (κ1) is 132. The number of hydrogen-bond acceptors (Lipinski definition) is 23. The topological polar surface area (TPSA) is 463 Å². The fourth-order valence-corrected chi connectivity index (χ4v) is 0.847. The van der Waals surface area contributed by atoms with Crippen molar-refractivity contribution in [2.24, 2.45) is 0 Å². The third kappa shape index (κ3) is 305. The molecule has 4 atom stereocenters. The van der Waals surface area contributed by atoms with Crippen molar-refractivity contribution in [3.63, 3.8) is 0 Å². The number of carbonyl (C=O) groups excluding carboxylic acids is 3. The van der Waals surface area contributed by atoms with Crippen LogP contribution in [0.25, 0.3) is 0 Å². The minimum Gasteiger partial charge on any atom is -1.00 e. The summed E-state index contributed by atoms with van der Waals surface area (Å²) >= 11 is 24.4. The largest absolute Gasteiger partial charge is 2.00 e. The van der Waals surface area contributed by atoms with Crippen LogP contribution in [0.1, 0.15) is 23.2 Å². The average molecular weight is 1150 g/mol. The number of rotatable bonds is 11. The number of alkyl halides is 4. The van der Waals surface area contributed by atoms with Gasteiger partial charge in [0.1, 0.15) is 24.6 Å². The maximum atomic E-state index is 9.44. The van der Waals surface area contributed by atoms with E-state index in [1.807, 2.05) is 6.92 Å². The minimum absolute atomic E-state index is 0. The number of aliphatic hydroxyl groups excluding tert-OH is 6. The maximum absolute atomic E-state index is 9.44. The van der Waals surface area contributed by atoms with E-state index in [1.54, 1.807) is 12.2 Å². The smallest absolute Gasteiger partial charge is 1.00 e. The molecule has 0 aliphatic carbocycles. The molecule has 3 aliphatic heterocycles. The summed E-state index contributed by atoms with van der Waals surface area (Å²) in [6, 6.07) is 0. The first-order valence-corrected chi connectivity index (χ1v) is 17.3. The normalized spacial score (nSPS) is 12.3. The average Bonchev–Trinajstić information content (AvgIpc) is 4.13. The van der Waals surface area contributed by atoms with Gasteiger partial charge in [0.05, 0.1) is 82.1 Å². The number of aldehydes is 2. The molecule has 3 rings (SSSR count). The van der Waals surface area contributed by atoms with Crippen LogP contribution in [-0.4, -0.2) is 219 Å². The standard InChI is InChI=1S/C3H6Cl2O.C3H5ClO.C3H5Cl.C3H8O3.C3H6O2.C3H4O2.C3H6O.C3H4O.C3H6.CH2O3.2CH4.Ca.Cl2.ClHO.2Na.H2O2.2O2.3H2O.H/c4-1-3(5)2-6;4-1-3-2-5-3;1-2-3-4;4-1-3(6)2-5;2*4-1-3-2-5-3;2*1-2-3-4;1-3-2;2-1-4-3;;;;2*1-2;;;3*1-2;;;;/h3,6H,1-2H2;3H,1-2H2;2H,1,3H2;3-6H,1-2H2;3-4H,1-2H2;1,3H,2H2;2,4H,1,3H2;2-3H,1H2;3H,1H2,2H3;1,3H;2*1H4;;;2H;;;1-2H;;;3*1H2;/q;;;;;;;;;;;;+2;;;2*+1;;;;;;;-1/p-3. The first-order chi connectivity index (χ1) is 27.0. The molecule has 0 aromatic carbocycles. The number of allylic oxidation sites excluding steroid dienone is 3. The van der Waals surface area contributed by atoms with E-state index in [9.17, 15) is 4.79 Å². The predicted molar refractivity (Wildman–Crippen MR) is 245 cm³/mol. The Labute approximate surface area is 485 Å². The van der Waals surface area contributed by atoms with Gasteiger partial charge in [0, 0.05) is 53.3 Å². The maximum Gasteiger partial charge on any atom is 2.00 e. The van der Waals surface area contributed by atoms with Crippen molar-refractivity contribution in [2.45, 2.75) is 51.6 Å². The molecule has 34 heteroatoms. The van der Waals surface area contributed by atoms with E-state index in [1.165, 1.54) is 12.2 Å². The van der Waals surface area contributed by atoms with E-state index in [0.29, 0.717) is 36.6 Å². The number of epoxide rings is 3. The summed E-state index contributed by atoms with van der Waals surface area (Å²) in [4.78, 5) is 57.7. The predicted octanol–water partition coefficient (Wildman–Crippen LogP) is -4.19. The van der Waals surface area contributed by atoms with Crippen LogP contribution in [0, 0.1) is 19.9 Å². The second-order valence-corrected chi connectivity index (χ2v) is 8.64. The Balaban J connectivity index is -0.0000000169. The van der Waals surface area contributed by atoms with Crippen molar-refractivity contribution >= 4 is 137 Å². The number of halogens is 7. The molecule has 0 aromatic rings. The minimum atomic E-state index is -0.954. The van der Waals surface area contributed by atoms with Crippen LogP contribution < -0.4 is 64.4 Å². The molecule has 3 aliphatic rings. The van der Waals surface area contributed by atoms with Gasteiger partial charge >= 0.3 is 96.9 Å². The molecular formula is C30H67CaCl7Na2O24. The van der Waals surface area contributed by atoms with E-state index in [4.69, 9.17) is 132 Å². The Morgan fingerprint density at radius 3 is 1.05 bits per heavy atom. The van der Waals surface area contributed by atoms with Gasteiger partial charge in [-0.15, -0.1) is 66.1 Å². The van der Waals surface area contributed by atoms with Crippen molar-refractivity contribution in [1.29, 1.82) is 0 Å². The monoisotopic (exact) mass is 1140 g/mol. The molecule has 0 aromatic heterocycles. The van der Waals surface area contributed by atoms with Gasteiger partial charge in [-0.1, -0.05) is 39.7 Å². The Bertz CT molecular complexity index is 637. The zero-order chi connectivity index (χ0) is 47.4. The fraction of sp³-hybridized carbons (Fsp3) is 0.633. The number of carbonyl (C=O) groups is 3. The molecule has 4 unspecified atom stereocenters. The molecule has 384 valence electrons. The molecule has 0 spiro atoms. The second-order valence-electron chi connectivity index (χ2n) is 7.10. The van der Waals surface area contributed by atoms with Gasteiger partial charge in [-0.2, -0.15) is 0 Å². The molecule has 3 fully saturated rings. The van der Waals surface area contributed by atoms with Crippen LogP contribution in [0.2, 0.25) is 0 Å². The van der Waals surface area contributed by atoms with Crippen LogP contribution in [0.15, 0.2) is 50.6 Å². The number of ether oxygens (including phenoxy) is 3. The van der Waals surface area contributed by atoms with E-state index >= 15 is 0 Å². The van der Waals surface area contributed by atoms with E-state index in [2.05, 4.69) is 74.3 Å². The second kappa shape index (κ2) is 175. The van der Waals surface area contributed by atoms with Crippen LogP contribution in [0.3, 0.4) is 0 Å². The van der Waals surface area contributed by atoms with Gasteiger partial charge in [0.2, 0.25) is 0 Å². The molecule has 0 saturated carbocycles. The van der Waals surface area contributed by atoms with Crippen LogP contribution in [0.4, 0.5) is 0 Å². The van der Waals surface area contributed by atoms with Gasteiger partial charge in [0.15, 0.2) is 6.29 Å². The molecule has 0 radical (unpaired) electrons. The molecule has 64 heavy (non-hydrogen) atoms. The number of aliphatic hydroxyl groups is 6. The Morgan fingerprint density at radius 1 is 0.781 bits per heavy atom. The zero-order valence-electron chi connectivity index (χ0n) is 35.2. The van der Waals surface area contributed by atoms with Crippen molar-refractivity contribution in [3.8, 4) is 0 Å².